The molecular formula is C23H19ClFN3O2S. The first-order chi connectivity index (χ1) is 14.8. The third-order valence-electron chi connectivity index (χ3n) is 4.96. The van der Waals surface area contributed by atoms with Gasteiger partial charge in [0, 0.05) is 47.9 Å². The highest BCUT2D eigenvalue weighted by molar-refractivity contribution is 8.18. The monoisotopic (exact) mass is 455 g/mol. The molecule has 0 atom stereocenters. The van der Waals surface area contributed by atoms with Gasteiger partial charge in [-0.1, -0.05) is 17.7 Å². The van der Waals surface area contributed by atoms with Crippen LogP contribution in [0.15, 0.2) is 65.7 Å². The summed E-state index contributed by atoms with van der Waals surface area (Å²) in [5, 5.41) is -0.276. The fourth-order valence-electron chi connectivity index (χ4n) is 3.27. The second kappa shape index (κ2) is 8.61. The molecule has 1 fully saturated rings. The lowest BCUT2D eigenvalue weighted by atomic mass is 10.2. The van der Waals surface area contributed by atoms with Crippen LogP contribution in [0.3, 0.4) is 0 Å². The van der Waals surface area contributed by atoms with Crippen molar-refractivity contribution in [2.75, 3.05) is 19.0 Å². The van der Waals surface area contributed by atoms with Crippen LogP contribution in [-0.2, 0) is 11.3 Å². The maximum absolute atomic E-state index is 14.1. The fraction of sp³-hybridized carbons (Fsp3) is 0.130. The highest BCUT2D eigenvalue weighted by Crippen LogP contribution is 2.35. The van der Waals surface area contributed by atoms with Crippen molar-refractivity contribution in [2.45, 2.75) is 6.54 Å². The normalized spacial score (nSPS) is 15.2. The van der Waals surface area contributed by atoms with Crippen LogP contribution in [0.25, 0.3) is 11.8 Å². The van der Waals surface area contributed by atoms with Crippen molar-refractivity contribution in [3.8, 4) is 5.69 Å². The molecule has 3 aromatic rings. The number of nitrogens with zero attached hydrogens (tertiary/aromatic N) is 3. The van der Waals surface area contributed by atoms with Crippen LogP contribution in [0, 0.1) is 5.82 Å². The van der Waals surface area contributed by atoms with Crippen LogP contribution in [0.1, 0.15) is 11.3 Å². The smallest absolute Gasteiger partial charge is 0.293 e. The van der Waals surface area contributed by atoms with E-state index in [0.29, 0.717) is 0 Å². The second-order valence-corrected chi connectivity index (χ2v) is 8.58. The summed E-state index contributed by atoms with van der Waals surface area (Å²) in [6.45, 7) is -0.208. The van der Waals surface area contributed by atoms with E-state index in [4.69, 9.17) is 11.6 Å². The van der Waals surface area contributed by atoms with E-state index in [1.54, 1.807) is 6.08 Å². The summed E-state index contributed by atoms with van der Waals surface area (Å²) in [6, 6.07) is 16.0. The van der Waals surface area contributed by atoms with Gasteiger partial charge in [-0.25, -0.2) is 4.39 Å². The van der Waals surface area contributed by atoms with Gasteiger partial charge in [0.1, 0.15) is 5.82 Å². The third kappa shape index (κ3) is 4.24. The Morgan fingerprint density at radius 3 is 2.48 bits per heavy atom. The van der Waals surface area contributed by atoms with E-state index in [1.807, 2.05) is 66.2 Å². The molecule has 0 spiro atoms. The van der Waals surface area contributed by atoms with E-state index in [9.17, 15) is 14.0 Å². The maximum atomic E-state index is 14.1. The molecule has 4 rings (SSSR count). The molecule has 0 unspecified atom stereocenters. The van der Waals surface area contributed by atoms with Gasteiger partial charge < -0.3 is 9.47 Å². The van der Waals surface area contributed by atoms with Crippen LogP contribution in [-0.4, -0.2) is 34.7 Å². The Morgan fingerprint density at radius 2 is 1.81 bits per heavy atom. The average Bonchev–Trinajstić information content (AvgIpc) is 3.30. The molecule has 5 nitrogen and oxygen atoms in total. The molecule has 2 amide bonds. The number of imide groups is 1. The van der Waals surface area contributed by atoms with Gasteiger partial charge in [-0.15, -0.1) is 0 Å². The standard InChI is InChI=1S/C23H19ClFN3O2S/c1-26(2)15-8-10-16(11-9-15)27-12-4-5-17(27)13-21-22(29)28(23(30)31-21)14-18-19(24)6-3-7-20(18)25/h3-13H,14H2,1-2H3/b21-13-. The van der Waals surface area contributed by atoms with Gasteiger partial charge in [-0.05, 0) is 66.4 Å². The van der Waals surface area contributed by atoms with E-state index in [1.165, 1.54) is 18.2 Å². The summed E-state index contributed by atoms with van der Waals surface area (Å²) in [5.41, 5.74) is 2.88. The number of thioether (sulfide) groups is 1. The van der Waals surface area contributed by atoms with E-state index < -0.39 is 17.0 Å². The van der Waals surface area contributed by atoms with Crippen LogP contribution < -0.4 is 4.90 Å². The summed E-state index contributed by atoms with van der Waals surface area (Å²) >= 11 is 6.89. The maximum Gasteiger partial charge on any atom is 0.293 e. The molecule has 31 heavy (non-hydrogen) atoms. The molecule has 0 bridgehead atoms. The topological polar surface area (TPSA) is 45.6 Å². The first kappa shape index (κ1) is 21.2. The number of anilines is 1. The SMILES string of the molecule is CN(C)c1ccc(-n2cccc2/C=C2\SC(=O)N(Cc3c(F)cccc3Cl)C2=O)cc1. The lowest BCUT2D eigenvalue weighted by Crippen LogP contribution is -2.28. The first-order valence-electron chi connectivity index (χ1n) is 9.48. The van der Waals surface area contributed by atoms with Gasteiger partial charge in [0.25, 0.3) is 11.1 Å². The highest BCUT2D eigenvalue weighted by atomic mass is 35.5. The van der Waals surface area contributed by atoms with Crippen molar-refractivity contribution >= 4 is 46.3 Å². The molecule has 158 valence electrons. The lowest BCUT2D eigenvalue weighted by Gasteiger charge is -2.14. The molecule has 1 saturated heterocycles. The molecular weight excluding hydrogens is 437 g/mol. The molecule has 0 radical (unpaired) electrons. The predicted octanol–water partition coefficient (Wildman–Crippen LogP) is 5.57. The van der Waals surface area contributed by atoms with E-state index >= 15 is 0 Å². The third-order valence-corrected chi connectivity index (χ3v) is 6.22. The summed E-state index contributed by atoms with van der Waals surface area (Å²) in [7, 11) is 3.95. The van der Waals surface area contributed by atoms with Gasteiger partial charge in [-0.3, -0.25) is 14.5 Å². The number of rotatable bonds is 5. The number of benzene rings is 2. The van der Waals surface area contributed by atoms with Gasteiger partial charge >= 0.3 is 0 Å². The summed E-state index contributed by atoms with van der Waals surface area (Å²) < 4.78 is 16.0. The van der Waals surface area contributed by atoms with Crippen LogP contribution in [0.5, 0.6) is 0 Å². The Labute approximate surface area is 188 Å². The minimum Gasteiger partial charge on any atom is -0.378 e. The highest BCUT2D eigenvalue weighted by Gasteiger charge is 2.36. The molecule has 2 aromatic carbocycles. The van der Waals surface area contributed by atoms with Crippen molar-refractivity contribution in [3.05, 3.63) is 87.8 Å². The van der Waals surface area contributed by atoms with Crippen molar-refractivity contribution < 1.29 is 14.0 Å². The zero-order valence-electron chi connectivity index (χ0n) is 16.9. The van der Waals surface area contributed by atoms with Crippen molar-refractivity contribution in [3.63, 3.8) is 0 Å². The molecule has 1 aromatic heterocycles. The van der Waals surface area contributed by atoms with Crippen LogP contribution in [0.2, 0.25) is 5.02 Å². The number of carbonyl (C=O) groups excluding carboxylic acids is 2. The Morgan fingerprint density at radius 1 is 1.06 bits per heavy atom. The van der Waals surface area contributed by atoms with E-state index in [0.717, 1.165) is 33.7 Å². The summed E-state index contributed by atoms with van der Waals surface area (Å²) in [4.78, 5) is 28.6. The molecule has 1 aliphatic heterocycles. The molecule has 0 N–H and O–H groups in total. The fourth-order valence-corrected chi connectivity index (χ4v) is 4.32. The summed E-state index contributed by atoms with van der Waals surface area (Å²) in [6.07, 6.45) is 3.56. The lowest BCUT2D eigenvalue weighted by molar-refractivity contribution is -0.123. The quantitative estimate of drug-likeness (QED) is 0.472. The Bertz CT molecular complexity index is 1170. The number of carbonyl (C=O) groups is 2. The second-order valence-electron chi connectivity index (χ2n) is 7.18. The Kier molecular flexibility index (Phi) is 5.89. The zero-order valence-corrected chi connectivity index (χ0v) is 18.5. The first-order valence-corrected chi connectivity index (χ1v) is 10.7. The molecule has 8 heteroatoms. The van der Waals surface area contributed by atoms with Crippen molar-refractivity contribution in [1.82, 2.24) is 9.47 Å². The van der Waals surface area contributed by atoms with Crippen molar-refractivity contribution in [1.29, 1.82) is 0 Å². The largest absolute Gasteiger partial charge is 0.378 e. The van der Waals surface area contributed by atoms with E-state index in [2.05, 4.69) is 0 Å². The van der Waals surface area contributed by atoms with E-state index in [-0.39, 0.29) is 22.0 Å². The van der Waals surface area contributed by atoms with Gasteiger partial charge in [0.2, 0.25) is 0 Å². The minimum absolute atomic E-state index is 0.122. The van der Waals surface area contributed by atoms with Gasteiger partial charge in [0.15, 0.2) is 0 Å². The molecule has 1 aliphatic rings. The molecule has 0 aliphatic carbocycles. The predicted molar refractivity (Wildman–Crippen MR) is 123 cm³/mol. The minimum atomic E-state index is -0.550. The number of halogens is 2. The number of aromatic nitrogens is 1. The Balaban J connectivity index is 1.60. The molecule has 0 saturated carbocycles. The number of amides is 2. The average molecular weight is 456 g/mol. The summed E-state index contributed by atoms with van der Waals surface area (Å²) in [5.74, 6) is -1.02. The van der Waals surface area contributed by atoms with Gasteiger partial charge in [0.05, 0.1) is 11.4 Å². The van der Waals surface area contributed by atoms with Crippen LogP contribution >= 0.6 is 23.4 Å². The van der Waals surface area contributed by atoms with Gasteiger partial charge in [-0.2, -0.15) is 0 Å². The number of hydrogen-bond acceptors (Lipinski definition) is 4. The zero-order chi connectivity index (χ0) is 22.1. The number of hydrogen-bond donors (Lipinski definition) is 0. The Hall–Kier alpha value is -3.03. The van der Waals surface area contributed by atoms with Crippen molar-refractivity contribution in [2.24, 2.45) is 0 Å². The van der Waals surface area contributed by atoms with Crippen LogP contribution in [0.4, 0.5) is 14.9 Å². The molecule has 2 heterocycles.